The molecule has 1 saturated carbocycles. The standard InChI is InChI=1S/C20H25N/c1-4-16-7-5-6-15(3)20(16)21-19-12-18(13-19)17-10-8-14(2)9-11-17/h5-11,18-19,21H,4,12-13H2,1-3H3. The van der Waals surface area contributed by atoms with E-state index in [0.717, 1.165) is 12.3 Å². The fraction of sp³-hybridized carbons (Fsp3) is 0.400. The molecular weight excluding hydrogens is 254 g/mol. The van der Waals surface area contributed by atoms with Gasteiger partial charge in [-0.3, -0.25) is 0 Å². The highest BCUT2D eigenvalue weighted by Crippen LogP contribution is 2.39. The smallest absolute Gasteiger partial charge is 0.0404 e. The first-order valence-electron chi connectivity index (χ1n) is 8.09. The summed E-state index contributed by atoms with van der Waals surface area (Å²) in [5, 5.41) is 3.78. The predicted octanol–water partition coefficient (Wildman–Crippen LogP) is 5.22. The molecule has 0 bridgehead atoms. The highest BCUT2D eigenvalue weighted by Gasteiger charge is 2.30. The average Bonchev–Trinajstić information content (AvgIpc) is 2.45. The van der Waals surface area contributed by atoms with Crippen LogP contribution in [0.25, 0.3) is 0 Å². The molecule has 1 fully saturated rings. The molecule has 0 amide bonds. The summed E-state index contributed by atoms with van der Waals surface area (Å²) < 4.78 is 0. The van der Waals surface area contributed by atoms with Gasteiger partial charge in [-0.2, -0.15) is 0 Å². The molecule has 1 nitrogen and oxygen atoms in total. The van der Waals surface area contributed by atoms with Crippen molar-refractivity contribution in [2.24, 2.45) is 0 Å². The number of anilines is 1. The van der Waals surface area contributed by atoms with E-state index in [0.29, 0.717) is 6.04 Å². The number of rotatable bonds is 4. The number of aryl methyl sites for hydroxylation is 3. The van der Waals surface area contributed by atoms with Gasteiger partial charge in [0.25, 0.3) is 0 Å². The molecular formula is C20H25N. The molecule has 2 aromatic carbocycles. The Balaban J connectivity index is 1.64. The van der Waals surface area contributed by atoms with E-state index in [4.69, 9.17) is 0 Å². The Bertz CT molecular complexity index is 606. The fourth-order valence-corrected chi connectivity index (χ4v) is 3.28. The maximum absolute atomic E-state index is 3.78. The van der Waals surface area contributed by atoms with Crippen molar-refractivity contribution < 1.29 is 0 Å². The summed E-state index contributed by atoms with van der Waals surface area (Å²) >= 11 is 0. The van der Waals surface area contributed by atoms with Crippen LogP contribution in [0, 0.1) is 13.8 Å². The summed E-state index contributed by atoms with van der Waals surface area (Å²) in [5.74, 6) is 0.734. The van der Waals surface area contributed by atoms with Crippen molar-refractivity contribution >= 4 is 5.69 Å². The molecule has 110 valence electrons. The van der Waals surface area contributed by atoms with Crippen LogP contribution in [0.15, 0.2) is 42.5 Å². The first-order chi connectivity index (χ1) is 10.2. The summed E-state index contributed by atoms with van der Waals surface area (Å²) in [6.07, 6.45) is 3.60. The van der Waals surface area contributed by atoms with Gasteiger partial charge in [0, 0.05) is 11.7 Å². The van der Waals surface area contributed by atoms with Crippen LogP contribution in [0.2, 0.25) is 0 Å². The quantitative estimate of drug-likeness (QED) is 0.808. The molecule has 1 aliphatic carbocycles. The van der Waals surface area contributed by atoms with Gasteiger partial charge in [-0.25, -0.2) is 0 Å². The first-order valence-corrected chi connectivity index (χ1v) is 8.09. The highest BCUT2D eigenvalue weighted by molar-refractivity contribution is 5.58. The van der Waals surface area contributed by atoms with Gasteiger partial charge in [-0.05, 0) is 55.7 Å². The van der Waals surface area contributed by atoms with Crippen molar-refractivity contribution in [3.8, 4) is 0 Å². The van der Waals surface area contributed by atoms with Crippen LogP contribution in [0.5, 0.6) is 0 Å². The molecule has 0 saturated heterocycles. The zero-order chi connectivity index (χ0) is 14.8. The summed E-state index contributed by atoms with van der Waals surface area (Å²) in [4.78, 5) is 0. The molecule has 0 radical (unpaired) electrons. The summed E-state index contributed by atoms with van der Waals surface area (Å²) in [5.41, 5.74) is 7.02. The van der Waals surface area contributed by atoms with E-state index in [1.54, 1.807) is 0 Å². The topological polar surface area (TPSA) is 12.0 Å². The van der Waals surface area contributed by atoms with Gasteiger partial charge < -0.3 is 5.32 Å². The van der Waals surface area contributed by atoms with E-state index >= 15 is 0 Å². The van der Waals surface area contributed by atoms with Crippen molar-refractivity contribution in [1.29, 1.82) is 0 Å². The zero-order valence-electron chi connectivity index (χ0n) is 13.3. The second-order valence-corrected chi connectivity index (χ2v) is 6.38. The van der Waals surface area contributed by atoms with Crippen LogP contribution in [0.4, 0.5) is 5.69 Å². The molecule has 0 spiro atoms. The minimum absolute atomic E-state index is 0.628. The van der Waals surface area contributed by atoms with E-state index in [-0.39, 0.29) is 0 Å². The Hall–Kier alpha value is -1.76. The molecule has 1 heteroatoms. The summed E-state index contributed by atoms with van der Waals surface area (Å²) in [6, 6.07) is 16.3. The van der Waals surface area contributed by atoms with Gasteiger partial charge in [0.15, 0.2) is 0 Å². The predicted molar refractivity (Wildman–Crippen MR) is 91.1 cm³/mol. The molecule has 0 aromatic heterocycles. The zero-order valence-corrected chi connectivity index (χ0v) is 13.3. The van der Waals surface area contributed by atoms with Crippen LogP contribution < -0.4 is 5.32 Å². The molecule has 1 aliphatic rings. The lowest BCUT2D eigenvalue weighted by Gasteiger charge is -2.37. The van der Waals surface area contributed by atoms with Crippen molar-refractivity contribution in [3.63, 3.8) is 0 Å². The lowest BCUT2D eigenvalue weighted by atomic mass is 9.75. The minimum atomic E-state index is 0.628. The summed E-state index contributed by atoms with van der Waals surface area (Å²) in [6.45, 7) is 6.59. The van der Waals surface area contributed by atoms with Gasteiger partial charge in [-0.15, -0.1) is 0 Å². The van der Waals surface area contributed by atoms with Crippen LogP contribution in [-0.2, 0) is 6.42 Å². The van der Waals surface area contributed by atoms with Gasteiger partial charge in [-0.1, -0.05) is 55.0 Å². The van der Waals surface area contributed by atoms with Crippen LogP contribution >= 0.6 is 0 Å². The molecule has 21 heavy (non-hydrogen) atoms. The molecule has 0 unspecified atom stereocenters. The maximum atomic E-state index is 3.78. The van der Waals surface area contributed by atoms with Gasteiger partial charge >= 0.3 is 0 Å². The Kier molecular flexibility index (Phi) is 4.01. The largest absolute Gasteiger partial charge is 0.382 e. The first kappa shape index (κ1) is 14.2. The molecule has 0 atom stereocenters. The Morgan fingerprint density at radius 2 is 1.71 bits per heavy atom. The molecule has 0 heterocycles. The third-order valence-electron chi connectivity index (χ3n) is 4.78. The second-order valence-electron chi connectivity index (χ2n) is 6.38. The van der Waals surface area contributed by atoms with Gasteiger partial charge in [0.05, 0.1) is 0 Å². The van der Waals surface area contributed by atoms with Crippen molar-refractivity contribution in [3.05, 3.63) is 64.7 Å². The fourth-order valence-electron chi connectivity index (χ4n) is 3.28. The maximum Gasteiger partial charge on any atom is 0.0404 e. The Morgan fingerprint density at radius 1 is 1.00 bits per heavy atom. The lowest BCUT2D eigenvalue weighted by molar-refractivity contribution is 0.374. The number of benzene rings is 2. The van der Waals surface area contributed by atoms with Crippen molar-refractivity contribution in [2.45, 2.75) is 52.0 Å². The molecule has 0 aliphatic heterocycles. The monoisotopic (exact) mass is 279 g/mol. The van der Waals surface area contributed by atoms with E-state index < -0.39 is 0 Å². The van der Waals surface area contributed by atoms with E-state index in [1.807, 2.05) is 0 Å². The van der Waals surface area contributed by atoms with Crippen LogP contribution in [-0.4, -0.2) is 6.04 Å². The van der Waals surface area contributed by atoms with Crippen molar-refractivity contribution in [2.75, 3.05) is 5.32 Å². The third kappa shape index (κ3) is 2.97. The molecule has 3 rings (SSSR count). The minimum Gasteiger partial charge on any atom is -0.382 e. The highest BCUT2D eigenvalue weighted by atomic mass is 14.9. The second kappa shape index (κ2) is 5.93. The van der Waals surface area contributed by atoms with Crippen LogP contribution in [0.3, 0.4) is 0 Å². The van der Waals surface area contributed by atoms with Gasteiger partial charge in [0.1, 0.15) is 0 Å². The van der Waals surface area contributed by atoms with Crippen molar-refractivity contribution in [1.82, 2.24) is 0 Å². The number of para-hydroxylation sites is 1. The Labute approximate surface area is 128 Å². The van der Waals surface area contributed by atoms with Crippen LogP contribution in [0.1, 0.15) is 47.9 Å². The molecule has 1 N–H and O–H groups in total. The number of hydrogen-bond donors (Lipinski definition) is 1. The van der Waals surface area contributed by atoms with Gasteiger partial charge in [0.2, 0.25) is 0 Å². The Morgan fingerprint density at radius 3 is 2.38 bits per heavy atom. The summed E-state index contributed by atoms with van der Waals surface area (Å²) in [7, 11) is 0. The van der Waals surface area contributed by atoms with E-state index in [1.165, 1.54) is 40.8 Å². The lowest BCUT2D eigenvalue weighted by Crippen LogP contribution is -2.34. The van der Waals surface area contributed by atoms with E-state index in [2.05, 4.69) is 68.6 Å². The average molecular weight is 279 g/mol. The molecule has 2 aromatic rings. The SMILES string of the molecule is CCc1cccc(C)c1NC1CC(c2ccc(C)cc2)C1. The number of nitrogens with one attached hydrogen (secondary N) is 1. The van der Waals surface area contributed by atoms with E-state index in [9.17, 15) is 0 Å². The third-order valence-corrected chi connectivity index (χ3v) is 4.78. The number of hydrogen-bond acceptors (Lipinski definition) is 1. The normalized spacial score (nSPS) is 20.9.